The van der Waals surface area contributed by atoms with E-state index in [1.54, 1.807) is 63.2 Å². The molecule has 1 atom stereocenters. The van der Waals surface area contributed by atoms with E-state index in [9.17, 15) is 19.5 Å². The van der Waals surface area contributed by atoms with E-state index in [1.807, 2.05) is 91.0 Å². The van der Waals surface area contributed by atoms with Crippen LogP contribution in [0.2, 0.25) is 0 Å². The SMILES string of the molecule is CC(C)(C)OC(=O)NC(CCNC(=O)c1ccccc1OCc1ccccc1)(Cc1ccc(OCc2ccccc2)c(OCc2ccccc2)c1)C(=O)O. The van der Waals surface area contributed by atoms with Crippen LogP contribution in [0.4, 0.5) is 4.79 Å². The molecule has 0 aliphatic heterocycles. The van der Waals surface area contributed by atoms with E-state index in [-0.39, 0.29) is 32.6 Å². The van der Waals surface area contributed by atoms with Crippen molar-refractivity contribution in [2.45, 2.75) is 64.6 Å². The molecule has 0 fully saturated rings. The van der Waals surface area contributed by atoms with Crippen molar-refractivity contribution in [1.82, 2.24) is 10.6 Å². The van der Waals surface area contributed by atoms with Gasteiger partial charge in [0, 0.05) is 13.0 Å². The Morgan fingerprint density at radius 1 is 0.593 bits per heavy atom. The van der Waals surface area contributed by atoms with Crippen LogP contribution in [0, 0.1) is 0 Å². The summed E-state index contributed by atoms with van der Waals surface area (Å²) in [6, 6.07) is 40.9. The molecule has 10 heteroatoms. The van der Waals surface area contributed by atoms with Crippen LogP contribution in [-0.4, -0.2) is 40.8 Å². The lowest BCUT2D eigenvalue weighted by Crippen LogP contribution is -2.58. The van der Waals surface area contributed by atoms with Gasteiger partial charge >= 0.3 is 12.1 Å². The van der Waals surface area contributed by atoms with Gasteiger partial charge in [-0.3, -0.25) is 4.79 Å². The topological polar surface area (TPSA) is 132 Å². The third-order valence-corrected chi connectivity index (χ3v) is 8.34. The second-order valence-corrected chi connectivity index (χ2v) is 13.8. The Morgan fingerprint density at radius 2 is 1.09 bits per heavy atom. The number of aliphatic carboxylic acids is 1. The minimum absolute atomic E-state index is 0.0937. The van der Waals surface area contributed by atoms with Crippen molar-refractivity contribution < 1.29 is 38.4 Å². The van der Waals surface area contributed by atoms with E-state index >= 15 is 0 Å². The number of carbonyl (C=O) groups is 3. The summed E-state index contributed by atoms with van der Waals surface area (Å²) in [6.07, 6.45) is -1.24. The summed E-state index contributed by atoms with van der Waals surface area (Å²) in [5.41, 5.74) is 0.914. The second-order valence-electron chi connectivity index (χ2n) is 13.8. The predicted molar refractivity (Wildman–Crippen MR) is 206 cm³/mol. The maximum Gasteiger partial charge on any atom is 0.408 e. The Bertz CT molecular complexity index is 1980. The van der Waals surface area contributed by atoms with Crippen molar-refractivity contribution in [3.05, 3.63) is 161 Å². The maximum absolute atomic E-state index is 13.5. The van der Waals surface area contributed by atoms with Crippen molar-refractivity contribution in [2.75, 3.05) is 6.54 Å². The minimum atomic E-state index is -1.89. The number of nitrogens with one attached hydrogen (secondary N) is 2. The molecule has 0 aliphatic carbocycles. The number of alkyl carbamates (subject to hydrolysis) is 1. The molecule has 0 saturated heterocycles. The van der Waals surface area contributed by atoms with Gasteiger partial charge < -0.3 is 34.7 Å². The van der Waals surface area contributed by atoms with E-state index < -0.39 is 29.1 Å². The second kappa shape index (κ2) is 18.5. The highest BCUT2D eigenvalue weighted by atomic mass is 16.6. The standard InChI is InChI=1S/C44H46N2O8/c1-43(2,3)54-42(50)46-44(41(48)49,25-26-45-40(47)36-21-13-14-22-37(36)51-29-32-15-7-4-8-16-32)28-35-23-24-38(52-30-33-17-9-5-10-18-33)39(27-35)53-31-34-19-11-6-12-20-34/h4-24,27H,25-26,28-31H2,1-3H3,(H,45,47)(H,46,50)(H,48,49). The van der Waals surface area contributed by atoms with E-state index in [1.165, 1.54) is 0 Å². The third kappa shape index (κ3) is 11.6. The van der Waals surface area contributed by atoms with Crippen LogP contribution < -0.4 is 24.8 Å². The van der Waals surface area contributed by atoms with Crippen molar-refractivity contribution in [2.24, 2.45) is 0 Å². The molecule has 5 rings (SSSR count). The van der Waals surface area contributed by atoms with Crippen LogP contribution in [-0.2, 0) is 35.8 Å². The molecule has 0 heterocycles. The number of carboxylic acids is 1. The van der Waals surface area contributed by atoms with Crippen molar-refractivity contribution >= 4 is 18.0 Å². The molecule has 0 aromatic heterocycles. The van der Waals surface area contributed by atoms with Gasteiger partial charge in [0.1, 0.15) is 36.7 Å². The first-order valence-corrected chi connectivity index (χ1v) is 17.7. The number of amides is 2. The van der Waals surface area contributed by atoms with Gasteiger partial charge in [-0.25, -0.2) is 9.59 Å². The number of hydrogen-bond acceptors (Lipinski definition) is 7. The van der Waals surface area contributed by atoms with E-state index in [4.69, 9.17) is 18.9 Å². The molecule has 10 nitrogen and oxygen atoms in total. The summed E-state index contributed by atoms with van der Waals surface area (Å²) in [5.74, 6) is -0.492. The Balaban J connectivity index is 1.37. The van der Waals surface area contributed by atoms with Crippen molar-refractivity contribution in [3.8, 4) is 17.2 Å². The molecule has 5 aromatic carbocycles. The Morgan fingerprint density at radius 3 is 1.63 bits per heavy atom. The largest absolute Gasteiger partial charge is 0.488 e. The molecule has 0 aliphatic rings. The molecule has 5 aromatic rings. The smallest absolute Gasteiger partial charge is 0.408 e. The molecule has 2 amide bonds. The number of carbonyl (C=O) groups excluding carboxylic acids is 2. The van der Waals surface area contributed by atoms with Gasteiger partial charge in [-0.05, 0) is 73.7 Å². The summed E-state index contributed by atoms with van der Waals surface area (Å²) in [5, 5.41) is 16.2. The van der Waals surface area contributed by atoms with Crippen LogP contribution in [0.25, 0.3) is 0 Å². The van der Waals surface area contributed by atoms with Gasteiger partial charge in [-0.2, -0.15) is 0 Å². The van der Waals surface area contributed by atoms with Gasteiger partial charge in [0.15, 0.2) is 11.5 Å². The molecule has 0 spiro atoms. The molecule has 0 saturated carbocycles. The third-order valence-electron chi connectivity index (χ3n) is 8.34. The van der Waals surface area contributed by atoms with Crippen LogP contribution in [0.15, 0.2) is 133 Å². The summed E-state index contributed by atoms with van der Waals surface area (Å²) < 4.78 is 23.9. The van der Waals surface area contributed by atoms with E-state index in [2.05, 4.69) is 10.6 Å². The fourth-order valence-electron chi connectivity index (χ4n) is 5.64. The van der Waals surface area contributed by atoms with Crippen molar-refractivity contribution in [3.63, 3.8) is 0 Å². The number of para-hydroxylation sites is 1. The fourth-order valence-corrected chi connectivity index (χ4v) is 5.64. The zero-order valence-corrected chi connectivity index (χ0v) is 30.7. The van der Waals surface area contributed by atoms with E-state index in [0.29, 0.717) is 35.0 Å². The molecular weight excluding hydrogens is 684 g/mol. The van der Waals surface area contributed by atoms with E-state index in [0.717, 1.165) is 16.7 Å². The zero-order chi connectivity index (χ0) is 38.4. The average molecular weight is 731 g/mol. The molecule has 54 heavy (non-hydrogen) atoms. The van der Waals surface area contributed by atoms with Gasteiger partial charge in [0.2, 0.25) is 0 Å². The Labute approximate surface area is 316 Å². The molecule has 0 radical (unpaired) electrons. The molecule has 1 unspecified atom stereocenters. The highest BCUT2D eigenvalue weighted by Gasteiger charge is 2.41. The van der Waals surface area contributed by atoms with Crippen LogP contribution in [0.3, 0.4) is 0 Å². The lowest BCUT2D eigenvalue weighted by Gasteiger charge is -2.32. The lowest BCUT2D eigenvalue weighted by molar-refractivity contribution is -0.145. The molecule has 280 valence electrons. The number of rotatable bonds is 17. The fraction of sp³-hybridized carbons (Fsp3) is 0.250. The minimum Gasteiger partial charge on any atom is -0.488 e. The Kier molecular flexibility index (Phi) is 13.3. The highest BCUT2D eigenvalue weighted by Crippen LogP contribution is 2.32. The normalized spacial score (nSPS) is 12.1. The van der Waals surface area contributed by atoms with Gasteiger partial charge in [-0.1, -0.05) is 109 Å². The summed E-state index contributed by atoms with van der Waals surface area (Å²) >= 11 is 0. The molecular formula is C44H46N2O8. The number of carboxylic acid groups (broad SMARTS) is 1. The summed E-state index contributed by atoms with van der Waals surface area (Å²) in [4.78, 5) is 39.8. The average Bonchev–Trinajstić information content (AvgIpc) is 3.16. The Hall–Kier alpha value is -6.29. The zero-order valence-electron chi connectivity index (χ0n) is 30.7. The van der Waals surface area contributed by atoms with Crippen LogP contribution in [0.1, 0.15) is 59.8 Å². The molecule has 0 bridgehead atoms. The maximum atomic E-state index is 13.5. The van der Waals surface area contributed by atoms with Crippen LogP contribution >= 0.6 is 0 Å². The monoisotopic (exact) mass is 730 g/mol. The van der Waals surface area contributed by atoms with Gasteiger partial charge in [0.05, 0.1) is 5.56 Å². The highest BCUT2D eigenvalue weighted by molar-refractivity contribution is 5.97. The first kappa shape index (κ1) is 38.9. The van der Waals surface area contributed by atoms with Crippen LogP contribution in [0.5, 0.6) is 17.2 Å². The number of benzene rings is 5. The molecule has 3 N–H and O–H groups in total. The van der Waals surface area contributed by atoms with Gasteiger partial charge in [-0.15, -0.1) is 0 Å². The number of hydrogen-bond donors (Lipinski definition) is 3. The predicted octanol–water partition coefficient (Wildman–Crippen LogP) is 8.13. The first-order valence-electron chi connectivity index (χ1n) is 17.7. The summed E-state index contributed by atoms with van der Waals surface area (Å²) in [7, 11) is 0. The van der Waals surface area contributed by atoms with Crippen molar-refractivity contribution in [1.29, 1.82) is 0 Å². The quantitative estimate of drug-likeness (QED) is 0.0874. The van der Waals surface area contributed by atoms with Gasteiger partial charge in [0.25, 0.3) is 5.91 Å². The lowest BCUT2D eigenvalue weighted by atomic mass is 9.87. The first-order chi connectivity index (χ1) is 26.0. The number of ether oxygens (including phenoxy) is 4. The summed E-state index contributed by atoms with van der Waals surface area (Å²) in [6.45, 7) is 5.78.